The van der Waals surface area contributed by atoms with Gasteiger partial charge in [0, 0.05) is 50.4 Å². The van der Waals surface area contributed by atoms with Crippen molar-refractivity contribution in [2.24, 2.45) is 5.92 Å². The summed E-state index contributed by atoms with van der Waals surface area (Å²) in [6.45, 7) is 6.32. The van der Waals surface area contributed by atoms with E-state index in [1.54, 1.807) is 0 Å². The molecule has 0 aliphatic heterocycles. The molecule has 0 spiro atoms. The summed E-state index contributed by atoms with van der Waals surface area (Å²) < 4.78 is 0. The van der Waals surface area contributed by atoms with Crippen LogP contribution in [0.2, 0.25) is 0 Å². The molecule has 0 bridgehead atoms. The van der Waals surface area contributed by atoms with Crippen molar-refractivity contribution in [3.63, 3.8) is 0 Å². The van der Waals surface area contributed by atoms with Gasteiger partial charge in [-0.1, -0.05) is 20.8 Å². The minimum Gasteiger partial charge on any atom is -0.377 e. The maximum absolute atomic E-state index is 12.6. The van der Waals surface area contributed by atoms with Gasteiger partial charge in [-0.15, -0.1) is 0 Å². The van der Waals surface area contributed by atoms with Crippen LogP contribution in [0.1, 0.15) is 45.6 Å². The van der Waals surface area contributed by atoms with Crippen LogP contribution >= 0.6 is 0 Å². The van der Waals surface area contributed by atoms with Gasteiger partial charge in [-0.2, -0.15) is 0 Å². The standard InChI is InChI=1S/C19H29N3O2/c1-6-18(23)20-15-7-10-17(21(4)5)14(11-15)12-22(16-8-9-16)19(24)13(2)3/h7,10-11,13,16H,6,8-9,12H2,1-5H3,(H,20,23). The van der Waals surface area contributed by atoms with Crippen LogP contribution in [0.5, 0.6) is 0 Å². The highest BCUT2D eigenvalue weighted by Gasteiger charge is 2.34. The summed E-state index contributed by atoms with van der Waals surface area (Å²) in [5.74, 6) is 0.192. The molecule has 0 radical (unpaired) electrons. The molecule has 0 heterocycles. The van der Waals surface area contributed by atoms with Crippen molar-refractivity contribution in [1.29, 1.82) is 0 Å². The Morgan fingerprint density at radius 2 is 1.92 bits per heavy atom. The summed E-state index contributed by atoms with van der Waals surface area (Å²) in [7, 11) is 3.99. The van der Waals surface area contributed by atoms with Gasteiger partial charge in [-0.05, 0) is 36.6 Å². The van der Waals surface area contributed by atoms with E-state index in [-0.39, 0.29) is 17.7 Å². The fourth-order valence-corrected chi connectivity index (χ4v) is 2.76. The summed E-state index contributed by atoms with van der Waals surface area (Å²) in [6, 6.07) is 6.28. The zero-order valence-corrected chi connectivity index (χ0v) is 15.4. The molecule has 2 amide bonds. The Morgan fingerprint density at radius 1 is 1.25 bits per heavy atom. The van der Waals surface area contributed by atoms with E-state index in [0.717, 1.165) is 29.8 Å². The molecule has 5 heteroatoms. The molecule has 1 aromatic rings. The molecule has 5 nitrogen and oxygen atoms in total. The zero-order chi connectivity index (χ0) is 17.9. The highest BCUT2D eigenvalue weighted by molar-refractivity contribution is 5.91. The molecule has 132 valence electrons. The predicted octanol–water partition coefficient (Wildman–Crippen LogP) is 3.25. The minimum atomic E-state index is -0.00383. The summed E-state index contributed by atoms with van der Waals surface area (Å²) in [6.07, 6.45) is 2.62. The fourth-order valence-electron chi connectivity index (χ4n) is 2.76. The lowest BCUT2D eigenvalue weighted by molar-refractivity contribution is -0.135. The first-order valence-corrected chi connectivity index (χ1v) is 8.74. The van der Waals surface area contributed by atoms with Crippen LogP contribution in [0, 0.1) is 5.92 Å². The first-order valence-electron chi connectivity index (χ1n) is 8.74. The van der Waals surface area contributed by atoms with Gasteiger partial charge in [0.1, 0.15) is 0 Å². The van der Waals surface area contributed by atoms with Crippen molar-refractivity contribution in [3.8, 4) is 0 Å². The van der Waals surface area contributed by atoms with Gasteiger partial charge in [-0.3, -0.25) is 9.59 Å². The molecule has 1 N–H and O–H groups in total. The van der Waals surface area contributed by atoms with Gasteiger partial charge < -0.3 is 15.1 Å². The van der Waals surface area contributed by atoms with E-state index >= 15 is 0 Å². The number of hydrogen-bond acceptors (Lipinski definition) is 3. The lowest BCUT2D eigenvalue weighted by Gasteiger charge is -2.27. The summed E-state index contributed by atoms with van der Waals surface area (Å²) in [4.78, 5) is 28.3. The molecule has 1 fully saturated rings. The number of rotatable bonds is 7. The highest BCUT2D eigenvalue weighted by atomic mass is 16.2. The Balaban J connectivity index is 2.29. The molecule has 0 atom stereocenters. The van der Waals surface area contributed by atoms with Crippen molar-refractivity contribution in [1.82, 2.24) is 4.90 Å². The molecule has 0 saturated heterocycles. The maximum atomic E-state index is 12.6. The van der Waals surface area contributed by atoms with Crippen LogP contribution in [-0.2, 0) is 16.1 Å². The third-order valence-electron chi connectivity index (χ3n) is 4.27. The Morgan fingerprint density at radius 3 is 2.42 bits per heavy atom. The number of carbonyl (C=O) groups is 2. The third-order valence-corrected chi connectivity index (χ3v) is 4.27. The predicted molar refractivity (Wildman–Crippen MR) is 98.1 cm³/mol. The summed E-state index contributed by atoms with van der Waals surface area (Å²) in [5, 5.41) is 2.91. The number of nitrogens with one attached hydrogen (secondary N) is 1. The third kappa shape index (κ3) is 4.49. The quantitative estimate of drug-likeness (QED) is 0.834. The van der Waals surface area contributed by atoms with Gasteiger partial charge >= 0.3 is 0 Å². The Bertz CT molecular complexity index is 607. The van der Waals surface area contributed by atoms with Crippen molar-refractivity contribution in [3.05, 3.63) is 23.8 Å². The molecule has 24 heavy (non-hydrogen) atoms. The average Bonchev–Trinajstić information content (AvgIpc) is 3.36. The number of nitrogens with zero attached hydrogens (tertiary/aromatic N) is 2. The van der Waals surface area contributed by atoms with Crippen LogP contribution in [-0.4, -0.2) is 36.9 Å². The summed E-state index contributed by atoms with van der Waals surface area (Å²) >= 11 is 0. The van der Waals surface area contributed by atoms with E-state index < -0.39 is 0 Å². The lowest BCUT2D eigenvalue weighted by Crippen LogP contribution is -2.36. The fraction of sp³-hybridized carbons (Fsp3) is 0.579. The van der Waals surface area contributed by atoms with E-state index in [2.05, 4.69) is 5.32 Å². The monoisotopic (exact) mass is 331 g/mol. The Kier molecular flexibility index (Phi) is 5.86. The van der Waals surface area contributed by atoms with Gasteiger partial charge in [0.15, 0.2) is 0 Å². The van der Waals surface area contributed by atoms with Crippen molar-refractivity contribution >= 4 is 23.2 Å². The normalized spacial score (nSPS) is 13.8. The number of benzene rings is 1. The maximum Gasteiger partial charge on any atom is 0.225 e. The van der Waals surface area contributed by atoms with E-state index in [1.807, 2.05) is 62.9 Å². The molecule has 2 rings (SSSR count). The first-order chi connectivity index (χ1) is 11.3. The van der Waals surface area contributed by atoms with Crippen LogP contribution < -0.4 is 10.2 Å². The van der Waals surface area contributed by atoms with Gasteiger partial charge in [0.05, 0.1) is 0 Å². The Hall–Kier alpha value is -2.04. The van der Waals surface area contributed by atoms with Crippen molar-refractivity contribution in [2.45, 2.75) is 52.6 Å². The van der Waals surface area contributed by atoms with Crippen molar-refractivity contribution < 1.29 is 9.59 Å². The second-order valence-electron chi connectivity index (χ2n) is 6.99. The number of hydrogen-bond donors (Lipinski definition) is 1. The van der Waals surface area contributed by atoms with Gasteiger partial charge in [0.2, 0.25) is 11.8 Å². The Labute approximate surface area is 145 Å². The topological polar surface area (TPSA) is 52.7 Å². The average molecular weight is 331 g/mol. The molecular formula is C19H29N3O2. The van der Waals surface area contributed by atoms with Crippen LogP contribution in [0.15, 0.2) is 18.2 Å². The SMILES string of the molecule is CCC(=O)Nc1ccc(N(C)C)c(CN(C(=O)C(C)C)C2CC2)c1. The lowest BCUT2D eigenvalue weighted by atomic mass is 10.1. The van der Waals surface area contributed by atoms with Crippen LogP contribution in [0.4, 0.5) is 11.4 Å². The molecule has 1 aliphatic rings. The van der Waals surface area contributed by atoms with Gasteiger partial charge in [0.25, 0.3) is 0 Å². The molecular weight excluding hydrogens is 302 g/mol. The van der Waals surface area contributed by atoms with E-state index in [4.69, 9.17) is 0 Å². The van der Waals surface area contributed by atoms with Gasteiger partial charge in [-0.25, -0.2) is 0 Å². The first kappa shape index (κ1) is 18.3. The largest absolute Gasteiger partial charge is 0.377 e. The van der Waals surface area contributed by atoms with E-state index in [1.165, 1.54) is 0 Å². The zero-order valence-electron chi connectivity index (χ0n) is 15.4. The molecule has 1 saturated carbocycles. The minimum absolute atomic E-state index is 0.00335. The second-order valence-corrected chi connectivity index (χ2v) is 6.99. The van der Waals surface area contributed by atoms with E-state index in [0.29, 0.717) is 19.0 Å². The highest BCUT2D eigenvalue weighted by Crippen LogP contribution is 2.32. The molecule has 1 aliphatic carbocycles. The van der Waals surface area contributed by atoms with Crippen LogP contribution in [0.25, 0.3) is 0 Å². The van der Waals surface area contributed by atoms with Crippen LogP contribution in [0.3, 0.4) is 0 Å². The molecule has 0 aromatic heterocycles. The molecule has 0 unspecified atom stereocenters. The second kappa shape index (κ2) is 7.69. The number of anilines is 2. The number of carbonyl (C=O) groups excluding carboxylic acids is 2. The molecule has 1 aromatic carbocycles. The van der Waals surface area contributed by atoms with Crippen molar-refractivity contribution in [2.75, 3.05) is 24.3 Å². The van der Waals surface area contributed by atoms with E-state index in [9.17, 15) is 9.59 Å². The summed E-state index contributed by atoms with van der Waals surface area (Å²) in [5.41, 5.74) is 2.93. The smallest absolute Gasteiger partial charge is 0.225 e. The number of amides is 2.